The van der Waals surface area contributed by atoms with E-state index in [-0.39, 0.29) is 0 Å². The maximum Gasteiger partial charge on any atom is 0.0595 e. The molecule has 0 bridgehead atoms. The van der Waals surface area contributed by atoms with Crippen LogP contribution >= 0.6 is 11.6 Å². The van der Waals surface area contributed by atoms with Gasteiger partial charge in [0.25, 0.3) is 0 Å². The van der Waals surface area contributed by atoms with Crippen molar-refractivity contribution in [2.75, 3.05) is 20.2 Å². The fourth-order valence-corrected chi connectivity index (χ4v) is 2.65. The van der Waals surface area contributed by atoms with E-state index in [2.05, 4.69) is 17.0 Å². The van der Waals surface area contributed by atoms with Crippen LogP contribution in [0.4, 0.5) is 0 Å². The fraction of sp³-hybridized carbons (Fsp3) is 0.571. The van der Waals surface area contributed by atoms with Gasteiger partial charge in [-0.05, 0) is 30.0 Å². The molecule has 3 nitrogen and oxygen atoms in total. The van der Waals surface area contributed by atoms with Crippen molar-refractivity contribution in [1.29, 1.82) is 0 Å². The molecule has 0 aromatic heterocycles. The molecule has 1 aromatic rings. The second-order valence-electron chi connectivity index (χ2n) is 4.84. The molecule has 4 heteroatoms. The predicted molar refractivity (Wildman–Crippen MR) is 74.7 cm³/mol. The van der Waals surface area contributed by atoms with Gasteiger partial charge in [-0.2, -0.15) is 0 Å². The Bertz CT molecular complexity index is 389. The van der Waals surface area contributed by atoms with Crippen LogP contribution in [0.15, 0.2) is 18.2 Å². The third-order valence-electron chi connectivity index (χ3n) is 3.62. The first-order valence-electron chi connectivity index (χ1n) is 6.45. The summed E-state index contributed by atoms with van der Waals surface area (Å²) < 4.78 is 5.38. The standard InChI is InChI=1S/C14H21ClN2O/c1-18-13-4-6-17(7-5-13)10-12-3-2-11(9-16)8-14(12)15/h2-3,8,13H,4-7,9-10,16H2,1H3. The van der Waals surface area contributed by atoms with Crippen molar-refractivity contribution in [2.24, 2.45) is 5.73 Å². The van der Waals surface area contributed by atoms with Gasteiger partial charge < -0.3 is 10.5 Å². The van der Waals surface area contributed by atoms with Gasteiger partial charge in [0, 0.05) is 38.3 Å². The molecule has 1 fully saturated rings. The largest absolute Gasteiger partial charge is 0.381 e. The van der Waals surface area contributed by atoms with Crippen molar-refractivity contribution in [3.63, 3.8) is 0 Å². The number of rotatable bonds is 4. The lowest BCUT2D eigenvalue weighted by atomic mass is 10.1. The van der Waals surface area contributed by atoms with Crippen molar-refractivity contribution < 1.29 is 4.74 Å². The first kappa shape index (κ1) is 13.8. The van der Waals surface area contributed by atoms with Crippen molar-refractivity contribution >= 4 is 11.6 Å². The molecule has 0 amide bonds. The molecule has 1 heterocycles. The third-order valence-corrected chi connectivity index (χ3v) is 3.97. The lowest BCUT2D eigenvalue weighted by molar-refractivity contribution is 0.0389. The van der Waals surface area contributed by atoms with Gasteiger partial charge in [-0.1, -0.05) is 23.7 Å². The number of piperidine rings is 1. The van der Waals surface area contributed by atoms with E-state index in [1.807, 2.05) is 6.07 Å². The summed E-state index contributed by atoms with van der Waals surface area (Å²) in [5.74, 6) is 0. The van der Waals surface area contributed by atoms with Crippen LogP contribution in [0.3, 0.4) is 0 Å². The van der Waals surface area contributed by atoms with Crippen LogP contribution in [0, 0.1) is 0 Å². The minimum atomic E-state index is 0.427. The van der Waals surface area contributed by atoms with Crippen molar-refractivity contribution in [2.45, 2.75) is 32.0 Å². The molecule has 0 radical (unpaired) electrons. The lowest BCUT2D eigenvalue weighted by Gasteiger charge is -2.31. The van der Waals surface area contributed by atoms with Crippen molar-refractivity contribution in [3.8, 4) is 0 Å². The number of benzene rings is 1. The van der Waals surface area contributed by atoms with Crippen LogP contribution in [-0.2, 0) is 17.8 Å². The Hall–Kier alpha value is -0.610. The number of nitrogens with two attached hydrogens (primary N) is 1. The second kappa shape index (κ2) is 6.53. The Labute approximate surface area is 114 Å². The van der Waals surface area contributed by atoms with Gasteiger partial charge >= 0.3 is 0 Å². The third kappa shape index (κ3) is 3.45. The van der Waals surface area contributed by atoms with E-state index in [0.29, 0.717) is 12.6 Å². The molecular weight excluding hydrogens is 248 g/mol. The van der Waals surface area contributed by atoms with Crippen molar-refractivity contribution in [1.82, 2.24) is 4.90 Å². The average molecular weight is 269 g/mol. The van der Waals surface area contributed by atoms with Crippen LogP contribution in [0.1, 0.15) is 24.0 Å². The maximum atomic E-state index is 6.28. The summed E-state index contributed by atoms with van der Waals surface area (Å²) in [7, 11) is 1.79. The number of halogens is 1. The number of nitrogens with zero attached hydrogens (tertiary/aromatic N) is 1. The Morgan fingerprint density at radius 3 is 2.67 bits per heavy atom. The summed E-state index contributed by atoms with van der Waals surface area (Å²) in [6.45, 7) is 3.61. The molecule has 1 aliphatic heterocycles. The van der Waals surface area contributed by atoms with Gasteiger partial charge in [0.2, 0.25) is 0 Å². The zero-order valence-corrected chi connectivity index (χ0v) is 11.6. The van der Waals surface area contributed by atoms with Gasteiger partial charge in [-0.3, -0.25) is 4.90 Å². The summed E-state index contributed by atoms with van der Waals surface area (Å²) >= 11 is 6.28. The molecule has 0 saturated carbocycles. The molecule has 0 spiro atoms. The Morgan fingerprint density at radius 2 is 2.11 bits per heavy atom. The van der Waals surface area contributed by atoms with Crippen LogP contribution in [-0.4, -0.2) is 31.2 Å². The van der Waals surface area contributed by atoms with Crippen LogP contribution < -0.4 is 5.73 Å². The molecule has 0 atom stereocenters. The Morgan fingerprint density at radius 1 is 1.39 bits per heavy atom. The van der Waals surface area contributed by atoms with E-state index in [0.717, 1.165) is 43.1 Å². The van der Waals surface area contributed by atoms with Gasteiger partial charge in [-0.15, -0.1) is 0 Å². The zero-order chi connectivity index (χ0) is 13.0. The smallest absolute Gasteiger partial charge is 0.0595 e. The van der Waals surface area contributed by atoms with E-state index in [1.54, 1.807) is 7.11 Å². The molecule has 2 N–H and O–H groups in total. The molecule has 100 valence electrons. The minimum Gasteiger partial charge on any atom is -0.381 e. The van der Waals surface area contributed by atoms with Gasteiger partial charge in [0.1, 0.15) is 0 Å². The Kier molecular flexibility index (Phi) is 5.01. The second-order valence-corrected chi connectivity index (χ2v) is 5.25. The van der Waals surface area contributed by atoms with E-state index in [4.69, 9.17) is 22.1 Å². The number of methoxy groups -OCH3 is 1. The molecule has 0 aliphatic carbocycles. The first-order valence-corrected chi connectivity index (χ1v) is 6.83. The normalized spacial score (nSPS) is 18.2. The number of likely N-dealkylation sites (tertiary alicyclic amines) is 1. The van der Waals surface area contributed by atoms with Crippen molar-refractivity contribution in [3.05, 3.63) is 34.3 Å². The lowest BCUT2D eigenvalue weighted by Crippen LogP contribution is -2.36. The van der Waals surface area contributed by atoms with Gasteiger partial charge in [-0.25, -0.2) is 0 Å². The topological polar surface area (TPSA) is 38.5 Å². The summed E-state index contributed by atoms with van der Waals surface area (Å²) in [6, 6.07) is 6.12. The summed E-state index contributed by atoms with van der Waals surface area (Å²) in [6.07, 6.45) is 2.64. The van der Waals surface area contributed by atoms with Crippen LogP contribution in [0.25, 0.3) is 0 Å². The summed E-state index contributed by atoms with van der Waals surface area (Å²) in [4.78, 5) is 2.43. The minimum absolute atomic E-state index is 0.427. The fourth-order valence-electron chi connectivity index (χ4n) is 2.39. The highest BCUT2D eigenvalue weighted by Crippen LogP contribution is 2.22. The van der Waals surface area contributed by atoms with E-state index < -0.39 is 0 Å². The zero-order valence-electron chi connectivity index (χ0n) is 10.9. The average Bonchev–Trinajstić information content (AvgIpc) is 2.42. The molecule has 1 aromatic carbocycles. The molecular formula is C14H21ClN2O. The first-order chi connectivity index (χ1) is 8.72. The molecule has 18 heavy (non-hydrogen) atoms. The van der Waals surface area contributed by atoms with Crippen LogP contribution in [0.5, 0.6) is 0 Å². The maximum absolute atomic E-state index is 6.28. The predicted octanol–water partition coefficient (Wildman–Crippen LogP) is 2.41. The quantitative estimate of drug-likeness (QED) is 0.911. The molecule has 2 rings (SSSR count). The van der Waals surface area contributed by atoms with Crippen LogP contribution in [0.2, 0.25) is 5.02 Å². The van der Waals surface area contributed by atoms with Gasteiger partial charge in [0.05, 0.1) is 6.10 Å². The number of ether oxygens (including phenoxy) is 1. The monoisotopic (exact) mass is 268 g/mol. The highest BCUT2D eigenvalue weighted by Gasteiger charge is 2.19. The molecule has 1 saturated heterocycles. The van der Waals surface area contributed by atoms with E-state index in [9.17, 15) is 0 Å². The van der Waals surface area contributed by atoms with E-state index in [1.165, 1.54) is 5.56 Å². The molecule has 1 aliphatic rings. The molecule has 0 unspecified atom stereocenters. The summed E-state index contributed by atoms with van der Waals surface area (Å²) in [5.41, 5.74) is 7.87. The highest BCUT2D eigenvalue weighted by molar-refractivity contribution is 6.31. The summed E-state index contributed by atoms with van der Waals surface area (Å²) in [5, 5.41) is 0.826. The van der Waals surface area contributed by atoms with Gasteiger partial charge in [0.15, 0.2) is 0 Å². The Balaban J connectivity index is 1.94. The number of hydrogen-bond acceptors (Lipinski definition) is 3. The highest BCUT2D eigenvalue weighted by atomic mass is 35.5. The van der Waals surface area contributed by atoms with E-state index >= 15 is 0 Å². The SMILES string of the molecule is COC1CCN(Cc2ccc(CN)cc2Cl)CC1. The number of hydrogen-bond donors (Lipinski definition) is 1.